The van der Waals surface area contributed by atoms with Gasteiger partial charge in [-0.05, 0) is 39.3 Å². The lowest BCUT2D eigenvalue weighted by Gasteiger charge is -2.42. The number of hydrogen-bond acceptors (Lipinski definition) is 3. The second kappa shape index (κ2) is 6.02. The summed E-state index contributed by atoms with van der Waals surface area (Å²) in [5, 5.41) is 3.62. The van der Waals surface area contributed by atoms with Gasteiger partial charge in [0.1, 0.15) is 5.54 Å². The molecule has 0 spiro atoms. The predicted octanol–water partition coefficient (Wildman–Crippen LogP) is 1.25. The molecule has 2 rings (SSSR count). The Labute approximate surface area is 110 Å². The number of likely N-dealkylation sites (N-methyl/N-ethyl adjacent to an activating group) is 1. The summed E-state index contributed by atoms with van der Waals surface area (Å²) in [7, 11) is 2.08. The van der Waals surface area contributed by atoms with Crippen LogP contribution >= 0.6 is 0 Å². The molecule has 1 amide bonds. The molecule has 1 saturated carbocycles. The van der Waals surface area contributed by atoms with Gasteiger partial charge >= 0.3 is 0 Å². The second-order valence-electron chi connectivity index (χ2n) is 6.12. The number of carbonyl (C=O) groups is 1. The molecule has 1 atom stereocenters. The van der Waals surface area contributed by atoms with Crippen LogP contribution in [0.3, 0.4) is 0 Å². The number of nitrogens with zero attached hydrogens (tertiary/aromatic N) is 1. The minimum atomic E-state index is -0.484. The van der Waals surface area contributed by atoms with Crippen LogP contribution in [-0.2, 0) is 4.79 Å². The molecule has 3 N–H and O–H groups in total. The highest BCUT2D eigenvalue weighted by Crippen LogP contribution is 2.25. The third-order valence-corrected chi connectivity index (χ3v) is 4.49. The first kappa shape index (κ1) is 13.8. The van der Waals surface area contributed by atoms with Gasteiger partial charge in [0, 0.05) is 12.6 Å². The second-order valence-corrected chi connectivity index (χ2v) is 6.12. The number of piperidine rings is 1. The summed E-state index contributed by atoms with van der Waals surface area (Å²) < 4.78 is 0. The van der Waals surface area contributed by atoms with Crippen molar-refractivity contribution in [2.75, 3.05) is 20.1 Å². The van der Waals surface area contributed by atoms with Gasteiger partial charge in [-0.3, -0.25) is 10.1 Å². The number of nitrogens with two attached hydrogens (primary N) is 1. The van der Waals surface area contributed by atoms with E-state index >= 15 is 0 Å². The van der Waals surface area contributed by atoms with Crippen LogP contribution in [0.4, 0.5) is 0 Å². The number of rotatable bonds is 3. The van der Waals surface area contributed by atoms with Crippen LogP contribution in [0.25, 0.3) is 0 Å². The predicted molar refractivity (Wildman–Crippen MR) is 73.3 cm³/mol. The summed E-state index contributed by atoms with van der Waals surface area (Å²) >= 11 is 0. The van der Waals surface area contributed by atoms with Crippen molar-refractivity contribution in [3.05, 3.63) is 0 Å². The van der Waals surface area contributed by atoms with Crippen molar-refractivity contribution in [2.24, 2.45) is 5.73 Å². The van der Waals surface area contributed by atoms with E-state index in [-0.39, 0.29) is 5.91 Å². The summed E-state index contributed by atoms with van der Waals surface area (Å²) in [5.74, 6) is -0.168. The highest BCUT2D eigenvalue weighted by Gasteiger charge is 2.41. The smallest absolute Gasteiger partial charge is 0.239 e. The Hall–Kier alpha value is -0.610. The van der Waals surface area contributed by atoms with Gasteiger partial charge in [-0.25, -0.2) is 0 Å². The zero-order valence-electron chi connectivity index (χ0n) is 11.6. The molecule has 4 heteroatoms. The van der Waals surface area contributed by atoms with Crippen LogP contribution in [0.2, 0.25) is 0 Å². The summed E-state index contributed by atoms with van der Waals surface area (Å²) in [5.41, 5.74) is 5.21. The lowest BCUT2D eigenvalue weighted by molar-refractivity contribution is -0.127. The van der Waals surface area contributed by atoms with Crippen molar-refractivity contribution >= 4 is 5.91 Å². The molecule has 1 aliphatic carbocycles. The number of hydrogen-bond donors (Lipinski definition) is 2. The molecule has 0 aromatic rings. The number of primary amides is 1. The Bertz CT molecular complexity index is 287. The SMILES string of the molecule is CN1CCCC(NC2CCCCCC2)(C(N)=O)C1. The van der Waals surface area contributed by atoms with Crippen LogP contribution in [0, 0.1) is 0 Å². The van der Waals surface area contributed by atoms with Crippen LogP contribution in [0.1, 0.15) is 51.4 Å². The lowest BCUT2D eigenvalue weighted by atomic mass is 9.86. The molecular weight excluding hydrogens is 226 g/mol. The molecule has 4 nitrogen and oxygen atoms in total. The Morgan fingerprint density at radius 3 is 2.44 bits per heavy atom. The van der Waals surface area contributed by atoms with Crippen molar-refractivity contribution < 1.29 is 4.79 Å². The highest BCUT2D eigenvalue weighted by atomic mass is 16.1. The molecule has 2 fully saturated rings. The zero-order valence-corrected chi connectivity index (χ0v) is 11.6. The molecule has 1 heterocycles. The normalized spacial score (nSPS) is 32.1. The van der Waals surface area contributed by atoms with Gasteiger partial charge in [0.15, 0.2) is 0 Å². The van der Waals surface area contributed by atoms with Gasteiger partial charge in [-0.2, -0.15) is 0 Å². The summed E-state index contributed by atoms with van der Waals surface area (Å²) in [6, 6.07) is 0.478. The maximum Gasteiger partial charge on any atom is 0.239 e. The fourth-order valence-electron chi connectivity index (χ4n) is 3.47. The van der Waals surface area contributed by atoms with E-state index < -0.39 is 5.54 Å². The minimum absolute atomic E-state index is 0.168. The Kier molecular flexibility index (Phi) is 4.62. The minimum Gasteiger partial charge on any atom is -0.368 e. The number of nitrogens with one attached hydrogen (secondary N) is 1. The molecule has 0 radical (unpaired) electrons. The molecule has 104 valence electrons. The molecule has 0 aromatic carbocycles. The molecule has 18 heavy (non-hydrogen) atoms. The van der Waals surface area contributed by atoms with E-state index in [9.17, 15) is 4.79 Å². The first-order valence-electron chi connectivity index (χ1n) is 7.38. The number of amides is 1. The van der Waals surface area contributed by atoms with Gasteiger partial charge in [-0.1, -0.05) is 25.7 Å². The van der Waals surface area contributed by atoms with E-state index in [4.69, 9.17) is 5.73 Å². The Morgan fingerprint density at radius 1 is 1.22 bits per heavy atom. The van der Waals surface area contributed by atoms with Crippen LogP contribution in [0.15, 0.2) is 0 Å². The maximum atomic E-state index is 11.9. The van der Waals surface area contributed by atoms with E-state index in [2.05, 4.69) is 17.3 Å². The quantitative estimate of drug-likeness (QED) is 0.744. The zero-order chi connectivity index (χ0) is 13.0. The molecule has 1 saturated heterocycles. The Morgan fingerprint density at radius 2 is 1.89 bits per heavy atom. The van der Waals surface area contributed by atoms with Crippen molar-refractivity contribution in [1.82, 2.24) is 10.2 Å². The largest absolute Gasteiger partial charge is 0.368 e. The van der Waals surface area contributed by atoms with Gasteiger partial charge in [0.2, 0.25) is 5.91 Å². The third kappa shape index (κ3) is 3.23. The summed E-state index contributed by atoms with van der Waals surface area (Å²) in [6.45, 7) is 1.83. The van der Waals surface area contributed by atoms with Gasteiger partial charge in [-0.15, -0.1) is 0 Å². The third-order valence-electron chi connectivity index (χ3n) is 4.49. The van der Waals surface area contributed by atoms with Crippen molar-refractivity contribution in [3.63, 3.8) is 0 Å². The fourth-order valence-corrected chi connectivity index (χ4v) is 3.47. The average molecular weight is 253 g/mol. The first-order chi connectivity index (χ1) is 8.62. The van der Waals surface area contributed by atoms with Crippen molar-refractivity contribution in [1.29, 1.82) is 0 Å². The van der Waals surface area contributed by atoms with E-state index in [0.717, 1.165) is 25.9 Å². The van der Waals surface area contributed by atoms with Gasteiger partial charge < -0.3 is 10.6 Å². The highest BCUT2D eigenvalue weighted by molar-refractivity contribution is 5.85. The molecular formula is C14H27N3O. The van der Waals surface area contributed by atoms with E-state index in [1.807, 2.05) is 0 Å². The maximum absolute atomic E-state index is 11.9. The number of carbonyl (C=O) groups excluding carboxylic acids is 1. The molecule has 1 unspecified atom stereocenters. The molecule has 0 aromatic heterocycles. The fraction of sp³-hybridized carbons (Fsp3) is 0.929. The van der Waals surface area contributed by atoms with Crippen LogP contribution < -0.4 is 11.1 Å². The Balaban J connectivity index is 2.02. The van der Waals surface area contributed by atoms with Crippen LogP contribution in [-0.4, -0.2) is 42.5 Å². The molecule has 2 aliphatic rings. The van der Waals surface area contributed by atoms with Crippen molar-refractivity contribution in [2.45, 2.75) is 62.9 Å². The van der Waals surface area contributed by atoms with E-state index in [1.165, 1.54) is 38.5 Å². The van der Waals surface area contributed by atoms with Crippen molar-refractivity contribution in [3.8, 4) is 0 Å². The summed E-state index contributed by atoms with van der Waals surface area (Å²) in [6.07, 6.45) is 9.56. The average Bonchev–Trinajstić information content (AvgIpc) is 2.57. The van der Waals surface area contributed by atoms with E-state index in [1.54, 1.807) is 0 Å². The standard InChI is InChI=1S/C14H27N3O/c1-17-10-6-9-14(11-17,13(15)18)16-12-7-4-2-3-5-8-12/h12,16H,2-11H2,1H3,(H2,15,18). The van der Waals surface area contributed by atoms with Gasteiger partial charge in [0.25, 0.3) is 0 Å². The molecule has 0 bridgehead atoms. The first-order valence-corrected chi connectivity index (χ1v) is 7.38. The number of likely N-dealkylation sites (tertiary alicyclic amines) is 1. The topological polar surface area (TPSA) is 58.4 Å². The van der Waals surface area contributed by atoms with E-state index in [0.29, 0.717) is 6.04 Å². The monoisotopic (exact) mass is 253 g/mol. The van der Waals surface area contributed by atoms with Gasteiger partial charge in [0.05, 0.1) is 0 Å². The van der Waals surface area contributed by atoms with Crippen LogP contribution in [0.5, 0.6) is 0 Å². The summed E-state index contributed by atoms with van der Waals surface area (Å²) in [4.78, 5) is 14.1. The molecule has 1 aliphatic heterocycles. The lowest BCUT2D eigenvalue weighted by Crippen LogP contribution is -2.65.